The minimum atomic E-state index is -0.473. The highest BCUT2D eigenvalue weighted by atomic mass is 16.6. The number of non-ortho nitro benzene ring substituents is 1. The van der Waals surface area contributed by atoms with E-state index in [2.05, 4.69) is 5.32 Å². The van der Waals surface area contributed by atoms with Gasteiger partial charge in [-0.05, 0) is 31.4 Å². The number of aryl methyl sites for hydroxylation is 1. The van der Waals surface area contributed by atoms with Crippen molar-refractivity contribution in [3.63, 3.8) is 0 Å². The molecule has 0 bridgehead atoms. The molecule has 18 heavy (non-hydrogen) atoms. The van der Waals surface area contributed by atoms with Gasteiger partial charge in [-0.25, -0.2) is 0 Å². The number of benzene rings is 1. The lowest BCUT2D eigenvalue weighted by atomic mass is 10.1. The summed E-state index contributed by atoms with van der Waals surface area (Å²) in [4.78, 5) is 22.3. The number of carbonyl (C=O) groups excluding carboxylic acids is 1. The molecule has 0 radical (unpaired) electrons. The first-order valence-corrected chi connectivity index (χ1v) is 6.13. The SMILES string of the molecule is Cc1cc(C(=O)NC2CCCC2)cc([N+](=O)[O-])c1. The molecule has 1 N–H and O–H groups in total. The minimum absolute atomic E-state index is 0.0356. The molecule has 1 aliphatic carbocycles. The number of nitro groups is 1. The van der Waals surface area contributed by atoms with Gasteiger partial charge in [0.1, 0.15) is 0 Å². The minimum Gasteiger partial charge on any atom is -0.349 e. The third-order valence-electron chi connectivity index (χ3n) is 3.23. The standard InChI is InChI=1S/C13H16N2O3/c1-9-6-10(8-12(7-9)15(17)18)13(16)14-11-4-2-3-5-11/h6-8,11H,2-5H2,1H3,(H,14,16). The Morgan fingerprint density at radius 2 is 2.00 bits per heavy atom. The fourth-order valence-corrected chi connectivity index (χ4v) is 2.34. The van der Waals surface area contributed by atoms with Crippen molar-refractivity contribution in [2.75, 3.05) is 0 Å². The van der Waals surface area contributed by atoms with Crippen molar-refractivity contribution in [3.8, 4) is 0 Å². The molecule has 0 heterocycles. The average molecular weight is 248 g/mol. The summed E-state index contributed by atoms with van der Waals surface area (Å²) in [5.41, 5.74) is 1.06. The summed E-state index contributed by atoms with van der Waals surface area (Å²) < 4.78 is 0. The molecule has 1 aromatic rings. The molecule has 0 unspecified atom stereocenters. The van der Waals surface area contributed by atoms with Gasteiger partial charge in [-0.15, -0.1) is 0 Å². The number of nitro benzene ring substituents is 1. The maximum atomic E-state index is 12.0. The van der Waals surface area contributed by atoms with Crippen LogP contribution in [0.25, 0.3) is 0 Å². The van der Waals surface area contributed by atoms with Crippen LogP contribution in [0.5, 0.6) is 0 Å². The van der Waals surface area contributed by atoms with Gasteiger partial charge < -0.3 is 5.32 Å². The monoisotopic (exact) mass is 248 g/mol. The van der Waals surface area contributed by atoms with E-state index in [0.29, 0.717) is 5.56 Å². The van der Waals surface area contributed by atoms with Crippen LogP contribution in [-0.2, 0) is 0 Å². The average Bonchev–Trinajstić information content (AvgIpc) is 2.80. The van der Waals surface area contributed by atoms with Crippen LogP contribution >= 0.6 is 0 Å². The number of nitrogens with zero attached hydrogens (tertiary/aromatic N) is 1. The normalized spacial score (nSPS) is 15.6. The van der Waals surface area contributed by atoms with Gasteiger partial charge >= 0.3 is 0 Å². The topological polar surface area (TPSA) is 72.2 Å². The number of carbonyl (C=O) groups is 1. The molecule has 5 nitrogen and oxygen atoms in total. The summed E-state index contributed by atoms with van der Waals surface area (Å²) >= 11 is 0. The Labute approximate surface area is 105 Å². The highest BCUT2D eigenvalue weighted by molar-refractivity contribution is 5.95. The fraction of sp³-hybridized carbons (Fsp3) is 0.462. The third kappa shape index (κ3) is 2.85. The van der Waals surface area contributed by atoms with Crippen LogP contribution in [0.3, 0.4) is 0 Å². The first kappa shape index (κ1) is 12.5. The van der Waals surface area contributed by atoms with Crippen molar-refractivity contribution < 1.29 is 9.72 Å². The summed E-state index contributed by atoms with van der Waals surface area (Å²) in [6.07, 6.45) is 4.27. The summed E-state index contributed by atoms with van der Waals surface area (Å²) in [6.45, 7) is 1.75. The Bertz CT molecular complexity index is 479. The van der Waals surface area contributed by atoms with E-state index in [1.165, 1.54) is 12.1 Å². The molecule has 96 valence electrons. The number of hydrogen-bond acceptors (Lipinski definition) is 3. The van der Waals surface area contributed by atoms with Crippen LogP contribution < -0.4 is 5.32 Å². The third-order valence-corrected chi connectivity index (χ3v) is 3.23. The van der Waals surface area contributed by atoms with Gasteiger partial charge in [0.2, 0.25) is 0 Å². The first-order chi connectivity index (χ1) is 8.56. The lowest BCUT2D eigenvalue weighted by molar-refractivity contribution is -0.384. The summed E-state index contributed by atoms with van der Waals surface area (Å²) in [5, 5.41) is 13.7. The lowest BCUT2D eigenvalue weighted by Gasteiger charge is -2.12. The zero-order valence-electron chi connectivity index (χ0n) is 10.3. The van der Waals surface area contributed by atoms with E-state index in [0.717, 1.165) is 31.2 Å². The number of rotatable bonds is 3. The van der Waals surface area contributed by atoms with Gasteiger partial charge in [0.15, 0.2) is 0 Å². The first-order valence-electron chi connectivity index (χ1n) is 6.13. The van der Waals surface area contributed by atoms with Crippen molar-refractivity contribution in [1.82, 2.24) is 5.32 Å². The van der Waals surface area contributed by atoms with Crippen LogP contribution in [0.4, 0.5) is 5.69 Å². The second kappa shape index (κ2) is 5.16. The molecule has 0 saturated heterocycles. The smallest absolute Gasteiger partial charge is 0.270 e. The zero-order chi connectivity index (χ0) is 13.1. The van der Waals surface area contributed by atoms with Crippen LogP contribution in [0.2, 0.25) is 0 Å². The highest BCUT2D eigenvalue weighted by Crippen LogP contribution is 2.20. The molecule has 1 fully saturated rings. The summed E-state index contributed by atoms with van der Waals surface area (Å²) in [7, 11) is 0. The van der Waals surface area contributed by atoms with Gasteiger partial charge in [0.25, 0.3) is 11.6 Å². The van der Waals surface area contributed by atoms with E-state index in [1.54, 1.807) is 13.0 Å². The van der Waals surface area contributed by atoms with Gasteiger partial charge in [0, 0.05) is 23.7 Å². The Kier molecular flexibility index (Phi) is 3.60. The van der Waals surface area contributed by atoms with E-state index in [9.17, 15) is 14.9 Å². The van der Waals surface area contributed by atoms with Crippen molar-refractivity contribution in [2.45, 2.75) is 38.6 Å². The molecular weight excluding hydrogens is 232 g/mol. The number of amides is 1. The Morgan fingerprint density at radius 1 is 1.33 bits per heavy atom. The predicted molar refractivity (Wildman–Crippen MR) is 67.6 cm³/mol. The summed E-state index contributed by atoms with van der Waals surface area (Å²) in [6, 6.07) is 4.69. The van der Waals surface area contributed by atoms with Crippen molar-refractivity contribution in [3.05, 3.63) is 39.4 Å². The molecule has 0 aliphatic heterocycles. The molecule has 1 aromatic carbocycles. The van der Waals surface area contributed by atoms with Gasteiger partial charge in [-0.3, -0.25) is 14.9 Å². The fourth-order valence-electron chi connectivity index (χ4n) is 2.34. The molecule has 1 saturated carbocycles. The van der Waals surface area contributed by atoms with Crippen LogP contribution in [0.15, 0.2) is 18.2 Å². The number of nitrogens with one attached hydrogen (secondary N) is 1. The molecule has 1 amide bonds. The van der Waals surface area contributed by atoms with Gasteiger partial charge in [-0.1, -0.05) is 12.8 Å². The molecule has 0 atom stereocenters. The van der Waals surface area contributed by atoms with Crippen molar-refractivity contribution >= 4 is 11.6 Å². The van der Waals surface area contributed by atoms with Crippen LogP contribution in [0, 0.1) is 17.0 Å². The van der Waals surface area contributed by atoms with Crippen LogP contribution in [-0.4, -0.2) is 16.9 Å². The van der Waals surface area contributed by atoms with Gasteiger partial charge in [-0.2, -0.15) is 0 Å². The number of hydrogen-bond donors (Lipinski definition) is 1. The van der Waals surface area contributed by atoms with E-state index in [4.69, 9.17) is 0 Å². The lowest BCUT2D eigenvalue weighted by Crippen LogP contribution is -2.32. The highest BCUT2D eigenvalue weighted by Gasteiger charge is 2.19. The Morgan fingerprint density at radius 3 is 2.61 bits per heavy atom. The van der Waals surface area contributed by atoms with Crippen LogP contribution in [0.1, 0.15) is 41.6 Å². The van der Waals surface area contributed by atoms with E-state index >= 15 is 0 Å². The Hall–Kier alpha value is -1.91. The van der Waals surface area contributed by atoms with Crippen molar-refractivity contribution in [1.29, 1.82) is 0 Å². The van der Waals surface area contributed by atoms with Crippen molar-refractivity contribution in [2.24, 2.45) is 0 Å². The predicted octanol–water partition coefficient (Wildman–Crippen LogP) is 2.58. The largest absolute Gasteiger partial charge is 0.349 e. The van der Waals surface area contributed by atoms with E-state index in [1.807, 2.05) is 0 Å². The van der Waals surface area contributed by atoms with Gasteiger partial charge in [0.05, 0.1) is 4.92 Å². The maximum absolute atomic E-state index is 12.0. The molecule has 0 spiro atoms. The quantitative estimate of drug-likeness (QED) is 0.660. The maximum Gasteiger partial charge on any atom is 0.270 e. The summed E-state index contributed by atoms with van der Waals surface area (Å²) in [5.74, 6) is -0.214. The molecule has 0 aromatic heterocycles. The second-order valence-corrected chi connectivity index (χ2v) is 4.77. The molecular formula is C13H16N2O3. The van der Waals surface area contributed by atoms with E-state index in [-0.39, 0.29) is 17.6 Å². The van der Waals surface area contributed by atoms with E-state index < -0.39 is 4.92 Å². The second-order valence-electron chi connectivity index (χ2n) is 4.77. The molecule has 5 heteroatoms. The molecule has 1 aliphatic rings. The zero-order valence-corrected chi connectivity index (χ0v) is 10.3. The molecule has 2 rings (SSSR count). The Balaban J connectivity index is 2.16.